The Morgan fingerprint density at radius 1 is 1.40 bits per heavy atom. The van der Waals surface area contributed by atoms with Gasteiger partial charge in [-0.1, -0.05) is 12.8 Å². The van der Waals surface area contributed by atoms with Crippen LogP contribution in [0.4, 0.5) is 0 Å². The second-order valence-electron chi connectivity index (χ2n) is 2.21. The molecular formula is C5H9NaO3S. The molecule has 0 N–H and O–H groups in total. The molecule has 54 valence electrons. The van der Waals surface area contributed by atoms with Crippen molar-refractivity contribution in [3.05, 3.63) is 0 Å². The normalized spacial score (nSPS) is 22.1. The molecule has 1 aliphatic rings. The van der Waals surface area contributed by atoms with Crippen molar-refractivity contribution < 1.29 is 42.5 Å². The molecule has 0 aromatic rings. The molecule has 1 rings (SSSR count). The Morgan fingerprint density at radius 2 is 1.90 bits per heavy atom. The molecule has 1 saturated carbocycles. The van der Waals surface area contributed by atoms with Crippen LogP contribution in [-0.2, 0) is 15.5 Å². The molecule has 0 aromatic carbocycles. The van der Waals surface area contributed by atoms with Crippen molar-refractivity contribution in [2.24, 2.45) is 0 Å². The number of rotatable bonds is 2. The Bertz CT molecular complexity index is 113. The van der Waals surface area contributed by atoms with E-state index in [4.69, 9.17) is 0 Å². The smallest absolute Gasteiger partial charge is 0.750 e. The summed E-state index contributed by atoms with van der Waals surface area (Å²) >= 11 is -2.31. The van der Waals surface area contributed by atoms with E-state index in [1.165, 1.54) is 0 Å². The van der Waals surface area contributed by atoms with E-state index in [0.717, 1.165) is 25.7 Å². The van der Waals surface area contributed by atoms with Gasteiger partial charge in [-0.2, -0.15) is 0 Å². The average molecular weight is 172 g/mol. The van der Waals surface area contributed by atoms with Gasteiger partial charge in [0.1, 0.15) is 0 Å². The van der Waals surface area contributed by atoms with Gasteiger partial charge in [-0.25, -0.2) is 4.21 Å². The molecule has 0 aliphatic heterocycles. The number of hydrogen-bond donors (Lipinski definition) is 0. The third-order valence-electron chi connectivity index (χ3n) is 1.52. The van der Waals surface area contributed by atoms with Gasteiger partial charge in [-0.15, -0.1) is 0 Å². The van der Waals surface area contributed by atoms with Gasteiger partial charge in [0.05, 0.1) is 17.5 Å². The molecule has 0 bridgehead atoms. The van der Waals surface area contributed by atoms with Crippen molar-refractivity contribution in [2.75, 3.05) is 0 Å². The van der Waals surface area contributed by atoms with Gasteiger partial charge >= 0.3 is 29.6 Å². The van der Waals surface area contributed by atoms with Gasteiger partial charge in [0.25, 0.3) is 0 Å². The molecule has 0 radical (unpaired) electrons. The standard InChI is InChI=1S/C5H10O3S.Na/c6-9(7)8-5-3-1-2-4-5;/h5H,1-4H2,(H,6,7);/q;+1/p-1. The van der Waals surface area contributed by atoms with E-state index in [1.54, 1.807) is 0 Å². The molecule has 3 nitrogen and oxygen atoms in total. The molecular weight excluding hydrogens is 163 g/mol. The summed E-state index contributed by atoms with van der Waals surface area (Å²) in [6, 6.07) is 0. The minimum atomic E-state index is -2.31. The minimum absolute atomic E-state index is 0. The van der Waals surface area contributed by atoms with Crippen LogP contribution in [0.25, 0.3) is 0 Å². The average Bonchev–Trinajstić information content (AvgIpc) is 2.15. The zero-order valence-electron chi connectivity index (χ0n) is 6.04. The van der Waals surface area contributed by atoms with Crippen molar-refractivity contribution >= 4 is 11.4 Å². The number of hydrogen-bond acceptors (Lipinski definition) is 3. The van der Waals surface area contributed by atoms with E-state index in [9.17, 15) is 8.76 Å². The Morgan fingerprint density at radius 3 is 2.30 bits per heavy atom. The van der Waals surface area contributed by atoms with Gasteiger partial charge in [0.2, 0.25) is 0 Å². The molecule has 0 amide bonds. The van der Waals surface area contributed by atoms with Gasteiger partial charge in [-0.05, 0) is 12.8 Å². The monoisotopic (exact) mass is 172 g/mol. The molecule has 1 fully saturated rings. The van der Waals surface area contributed by atoms with Crippen LogP contribution in [0.2, 0.25) is 0 Å². The molecule has 0 aromatic heterocycles. The molecule has 1 unspecified atom stereocenters. The van der Waals surface area contributed by atoms with Crippen LogP contribution in [-0.4, -0.2) is 14.9 Å². The summed E-state index contributed by atoms with van der Waals surface area (Å²) in [4.78, 5) is 0. The Hall–Kier alpha value is 1.07. The van der Waals surface area contributed by atoms with Gasteiger partial charge in [-0.3, -0.25) is 4.18 Å². The Balaban J connectivity index is 0.000000810. The molecule has 1 atom stereocenters. The van der Waals surface area contributed by atoms with E-state index in [1.807, 2.05) is 0 Å². The van der Waals surface area contributed by atoms with Gasteiger partial charge in [0, 0.05) is 0 Å². The van der Waals surface area contributed by atoms with E-state index in [-0.39, 0.29) is 35.7 Å². The predicted molar refractivity (Wildman–Crippen MR) is 32.3 cm³/mol. The second-order valence-corrected chi connectivity index (χ2v) is 2.81. The first-order valence-corrected chi connectivity index (χ1v) is 4.05. The minimum Gasteiger partial charge on any atom is -0.750 e. The SMILES string of the molecule is O=S([O-])OC1CCCC1.[Na+]. The quantitative estimate of drug-likeness (QED) is 0.349. The molecule has 5 heteroatoms. The summed E-state index contributed by atoms with van der Waals surface area (Å²) in [5.74, 6) is 0. The fourth-order valence-corrected chi connectivity index (χ4v) is 1.51. The summed E-state index contributed by atoms with van der Waals surface area (Å²) in [7, 11) is 0. The summed E-state index contributed by atoms with van der Waals surface area (Å²) in [6.07, 6.45) is 3.97. The third kappa shape index (κ3) is 4.05. The van der Waals surface area contributed by atoms with Crippen molar-refractivity contribution in [3.63, 3.8) is 0 Å². The van der Waals surface area contributed by atoms with E-state index in [2.05, 4.69) is 4.18 Å². The zero-order valence-corrected chi connectivity index (χ0v) is 8.86. The van der Waals surface area contributed by atoms with Crippen LogP contribution < -0.4 is 29.6 Å². The topological polar surface area (TPSA) is 49.4 Å². The third-order valence-corrected chi connectivity index (χ3v) is 1.95. The van der Waals surface area contributed by atoms with Gasteiger partial charge < -0.3 is 4.55 Å². The Kier molecular flexibility index (Phi) is 6.29. The van der Waals surface area contributed by atoms with Crippen LogP contribution in [0, 0.1) is 0 Å². The zero-order chi connectivity index (χ0) is 6.69. The Labute approximate surface area is 85.3 Å². The fourth-order valence-electron chi connectivity index (χ4n) is 1.10. The largest absolute Gasteiger partial charge is 1.00 e. The van der Waals surface area contributed by atoms with E-state index < -0.39 is 11.4 Å². The van der Waals surface area contributed by atoms with Crippen LogP contribution in [0.5, 0.6) is 0 Å². The molecule has 0 spiro atoms. The fraction of sp³-hybridized carbons (Fsp3) is 1.00. The summed E-state index contributed by atoms with van der Waals surface area (Å²) in [5.41, 5.74) is 0. The maximum Gasteiger partial charge on any atom is 1.00 e. The molecule has 0 heterocycles. The van der Waals surface area contributed by atoms with Crippen LogP contribution in [0.1, 0.15) is 25.7 Å². The second kappa shape index (κ2) is 5.69. The first-order valence-electron chi connectivity index (χ1n) is 3.05. The first-order chi connectivity index (χ1) is 4.29. The van der Waals surface area contributed by atoms with Crippen LogP contribution >= 0.6 is 0 Å². The van der Waals surface area contributed by atoms with Crippen LogP contribution in [0.15, 0.2) is 0 Å². The summed E-state index contributed by atoms with van der Waals surface area (Å²) < 4.78 is 24.4. The van der Waals surface area contributed by atoms with Crippen molar-refractivity contribution in [3.8, 4) is 0 Å². The van der Waals surface area contributed by atoms with Crippen LogP contribution in [0.3, 0.4) is 0 Å². The van der Waals surface area contributed by atoms with Crippen molar-refractivity contribution in [1.29, 1.82) is 0 Å². The molecule has 10 heavy (non-hydrogen) atoms. The summed E-state index contributed by atoms with van der Waals surface area (Å²) in [5, 5.41) is 0. The predicted octanol–water partition coefficient (Wildman–Crippen LogP) is -2.26. The van der Waals surface area contributed by atoms with E-state index >= 15 is 0 Å². The van der Waals surface area contributed by atoms with Crippen molar-refractivity contribution in [2.45, 2.75) is 31.8 Å². The van der Waals surface area contributed by atoms with E-state index in [0.29, 0.717) is 0 Å². The van der Waals surface area contributed by atoms with Crippen molar-refractivity contribution in [1.82, 2.24) is 0 Å². The first kappa shape index (κ1) is 11.1. The summed E-state index contributed by atoms with van der Waals surface area (Å²) in [6.45, 7) is 0. The van der Waals surface area contributed by atoms with Gasteiger partial charge in [0.15, 0.2) is 0 Å². The maximum absolute atomic E-state index is 9.93. The molecule has 1 aliphatic carbocycles. The molecule has 0 saturated heterocycles. The maximum atomic E-state index is 9.93.